The van der Waals surface area contributed by atoms with Crippen molar-refractivity contribution in [3.63, 3.8) is 0 Å². The molecule has 2 aromatic rings. The topological polar surface area (TPSA) is 83.6 Å². The van der Waals surface area contributed by atoms with Crippen molar-refractivity contribution in [1.82, 2.24) is 20.1 Å². The number of carbonyl (C=O) groups excluding carboxylic acids is 1. The molecule has 2 aromatic heterocycles. The number of aryl methyl sites for hydroxylation is 2. The van der Waals surface area contributed by atoms with Crippen LogP contribution in [0.2, 0.25) is 0 Å². The van der Waals surface area contributed by atoms with E-state index in [1.165, 1.54) is 0 Å². The van der Waals surface area contributed by atoms with E-state index in [2.05, 4.69) is 15.4 Å². The highest BCUT2D eigenvalue weighted by Gasteiger charge is 2.10. The lowest BCUT2D eigenvalue weighted by Crippen LogP contribution is -2.25. The van der Waals surface area contributed by atoms with E-state index in [9.17, 15) is 4.79 Å². The van der Waals surface area contributed by atoms with Crippen molar-refractivity contribution >= 4 is 23.0 Å². The van der Waals surface area contributed by atoms with Gasteiger partial charge in [0.1, 0.15) is 11.6 Å². The highest BCUT2D eigenvalue weighted by atomic mass is 16.1. The zero-order chi connectivity index (χ0) is 15.4. The van der Waals surface area contributed by atoms with Crippen LogP contribution in [0.4, 0.5) is 0 Å². The summed E-state index contributed by atoms with van der Waals surface area (Å²) >= 11 is 0. The highest BCUT2D eigenvalue weighted by Crippen LogP contribution is 2.18. The van der Waals surface area contributed by atoms with Gasteiger partial charge in [-0.15, -0.1) is 0 Å². The molecule has 0 fully saturated rings. The second-order valence-electron chi connectivity index (χ2n) is 4.77. The minimum atomic E-state index is -0.359. The average molecular weight is 283 g/mol. The van der Waals surface area contributed by atoms with E-state index in [1.807, 2.05) is 33.0 Å². The minimum absolute atomic E-state index is 0.0751. The SMILES string of the molecule is CCCNC(=O)/C(C#N)=C\c1cnc2c(c1)c(C)nn2C. The summed E-state index contributed by atoms with van der Waals surface area (Å²) in [5.74, 6) is -0.359. The standard InChI is InChI=1S/C15H17N5O/c1-4-5-17-15(21)12(8-16)6-11-7-13-10(2)19-20(3)14(13)18-9-11/h6-7,9H,4-5H2,1-3H3,(H,17,21)/b12-6-. The molecule has 0 spiro atoms. The van der Waals surface area contributed by atoms with Gasteiger partial charge in [-0.3, -0.25) is 9.48 Å². The van der Waals surface area contributed by atoms with Crippen LogP contribution in [0.3, 0.4) is 0 Å². The molecule has 0 aliphatic rings. The van der Waals surface area contributed by atoms with Crippen LogP contribution in [0.1, 0.15) is 24.6 Å². The van der Waals surface area contributed by atoms with Gasteiger partial charge in [0.25, 0.3) is 5.91 Å². The number of pyridine rings is 1. The Morgan fingerprint density at radius 3 is 3.00 bits per heavy atom. The van der Waals surface area contributed by atoms with Gasteiger partial charge in [-0.2, -0.15) is 10.4 Å². The molecular weight excluding hydrogens is 266 g/mol. The molecule has 0 aromatic carbocycles. The first-order valence-corrected chi connectivity index (χ1v) is 6.76. The first-order valence-electron chi connectivity index (χ1n) is 6.76. The van der Waals surface area contributed by atoms with Crippen LogP contribution < -0.4 is 5.32 Å². The Morgan fingerprint density at radius 2 is 2.33 bits per heavy atom. The molecular formula is C15H17N5O. The maximum atomic E-state index is 11.8. The summed E-state index contributed by atoms with van der Waals surface area (Å²) in [6.07, 6.45) is 4.00. The molecule has 2 rings (SSSR count). The van der Waals surface area contributed by atoms with Crippen LogP contribution in [-0.2, 0) is 11.8 Å². The molecule has 21 heavy (non-hydrogen) atoms. The minimum Gasteiger partial charge on any atom is -0.351 e. The lowest BCUT2D eigenvalue weighted by atomic mass is 10.1. The van der Waals surface area contributed by atoms with Crippen LogP contribution in [-0.4, -0.2) is 27.2 Å². The summed E-state index contributed by atoms with van der Waals surface area (Å²) < 4.78 is 1.71. The third-order valence-corrected chi connectivity index (χ3v) is 3.10. The Bertz CT molecular complexity index is 751. The number of amides is 1. The summed E-state index contributed by atoms with van der Waals surface area (Å²) in [4.78, 5) is 16.2. The molecule has 0 atom stereocenters. The monoisotopic (exact) mass is 283 g/mol. The summed E-state index contributed by atoms with van der Waals surface area (Å²) in [5, 5.41) is 17.0. The van der Waals surface area contributed by atoms with Crippen molar-refractivity contribution in [2.45, 2.75) is 20.3 Å². The largest absolute Gasteiger partial charge is 0.351 e. The molecule has 2 heterocycles. The lowest BCUT2D eigenvalue weighted by molar-refractivity contribution is -0.117. The third kappa shape index (κ3) is 3.08. The number of nitriles is 1. The van der Waals surface area contributed by atoms with Crippen molar-refractivity contribution in [2.24, 2.45) is 7.05 Å². The van der Waals surface area contributed by atoms with Gasteiger partial charge < -0.3 is 5.32 Å². The molecule has 6 heteroatoms. The van der Waals surface area contributed by atoms with Crippen molar-refractivity contribution < 1.29 is 4.79 Å². The summed E-state index contributed by atoms with van der Waals surface area (Å²) in [5.41, 5.74) is 2.43. The number of rotatable bonds is 4. The van der Waals surface area contributed by atoms with E-state index in [1.54, 1.807) is 17.0 Å². The van der Waals surface area contributed by atoms with Gasteiger partial charge in [-0.05, 0) is 31.1 Å². The maximum Gasteiger partial charge on any atom is 0.261 e. The van der Waals surface area contributed by atoms with Crippen LogP contribution in [0.5, 0.6) is 0 Å². The quantitative estimate of drug-likeness (QED) is 0.684. The zero-order valence-corrected chi connectivity index (χ0v) is 12.3. The molecule has 0 unspecified atom stereocenters. The van der Waals surface area contributed by atoms with E-state index >= 15 is 0 Å². The predicted octanol–water partition coefficient (Wildman–Crippen LogP) is 1.71. The van der Waals surface area contributed by atoms with E-state index in [0.717, 1.165) is 23.1 Å². The smallest absolute Gasteiger partial charge is 0.261 e. The molecule has 6 nitrogen and oxygen atoms in total. The first-order chi connectivity index (χ1) is 10.1. The number of fused-ring (bicyclic) bond motifs is 1. The van der Waals surface area contributed by atoms with Crippen molar-refractivity contribution in [2.75, 3.05) is 6.54 Å². The second-order valence-corrected chi connectivity index (χ2v) is 4.77. The fourth-order valence-corrected chi connectivity index (χ4v) is 2.05. The summed E-state index contributed by atoms with van der Waals surface area (Å²) in [7, 11) is 1.83. The van der Waals surface area contributed by atoms with Gasteiger partial charge in [0.2, 0.25) is 0 Å². The van der Waals surface area contributed by atoms with Gasteiger partial charge in [0.05, 0.1) is 5.69 Å². The zero-order valence-electron chi connectivity index (χ0n) is 12.3. The summed E-state index contributed by atoms with van der Waals surface area (Å²) in [6, 6.07) is 3.81. The third-order valence-electron chi connectivity index (χ3n) is 3.10. The van der Waals surface area contributed by atoms with E-state index in [-0.39, 0.29) is 11.5 Å². The highest BCUT2D eigenvalue weighted by molar-refractivity contribution is 6.01. The van der Waals surface area contributed by atoms with Crippen molar-refractivity contribution in [1.29, 1.82) is 5.26 Å². The number of hydrogen-bond acceptors (Lipinski definition) is 4. The van der Waals surface area contributed by atoms with Crippen LogP contribution in [0, 0.1) is 18.3 Å². The maximum absolute atomic E-state index is 11.8. The van der Waals surface area contributed by atoms with Crippen LogP contribution in [0.25, 0.3) is 17.1 Å². The number of aromatic nitrogens is 3. The Hall–Kier alpha value is -2.68. The number of carbonyl (C=O) groups is 1. The number of nitrogens with one attached hydrogen (secondary N) is 1. The molecule has 0 aliphatic carbocycles. The fraction of sp³-hybridized carbons (Fsp3) is 0.333. The van der Waals surface area contributed by atoms with Gasteiger partial charge in [0.15, 0.2) is 5.65 Å². The molecule has 1 N–H and O–H groups in total. The van der Waals surface area contributed by atoms with Gasteiger partial charge in [0, 0.05) is 25.2 Å². The Morgan fingerprint density at radius 1 is 1.57 bits per heavy atom. The molecule has 0 radical (unpaired) electrons. The molecule has 1 amide bonds. The predicted molar refractivity (Wildman–Crippen MR) is 80.1 cm³/mol. The Labute approximate surface area is 123 Å². The fourth-order valence-electron chi connectivity index (χ4n) is 2.05. The van der Waals surface area contributed by atoms with Crippen molar-refractivity contribution in [3.05, 3.63) is 29.1 Å². The van der Waals surface area contributed by atoms with Gasteiger partial charge in [-0.25, -0.2) is 4.98 Å². The van der Waals surface area contributed by atoms with Crippen molar-refractivity contribution in [3.8, 4) is 6.07 Å². The molecule has 0 saturated heterocycles. The average Bonchev–Trinajstić information content (AvgIpc) is 2.76. The molecule has 0 aliphatic heterocycles. The molecule has 0 bridgehead atoms. The van der Waals surface area contributed by atoms with Crippen LogP contribution in [0.15, 0.2) is 17.8 Å². The van der Waals surface area contributed by atoms with Gasteiger partial charge in [-0.1, -0.05) is 6.92 Å². The molecule has 0 saturated carbocycles. The number of hydrogen-bond donors (Lipinski definition) is 1. The Balaban J connectivity index is 2.37. The lowest BCUT2D eigenvalue weighted by Gasteiger charge is -2.02. The van der Waals surface area contributed by atoms with Gasteiger partial charge >= 0.3 is 0 Å². The Kier molecular flexibility index (Phi) is 4.33. The summed E-state index contributed by atoms with van der Waals surface area (Å²) in [6.45, 7) is 4.41. The second kappa shape index (κ2) is 6.18. The first kappa shape index (κ1) is 14.7. The van der Waals surface area contributed by atoms with E-state index in [4.69, 9.17) is 5.26 Å². The van der Waals surface area contributed by atoms with E-state index in [0.29, 0.717) is 12.1 Å². The molecule has 108 valence electrons. The van der Waals surface area contributed by atoms with E-state index < -0.39 is 0 Å². The normalized spacial score (nSPS) is 11.4. The number of nitrogens with zero attached hydrogens (tertiary/aromatic N) is 4. The van der Waals surface area contributed by atoms with Crippen LogP contribution >= 0.6 is 0 Å².